The minimum Gasteiger partial charge on any atom is -0.455 e. The van der Waals surface area contributed by atoms with Crippen molar-refractivity contribution in [2.24, 2.45) is 5.10 Å². The number of hydrogen-bond acceptors (Lipinski definition) is 8. The summed E-state index contributed by atoms with van der Waals surface area (Å²) in [6.45, 7) is 3.71. The summed E-state index contributed by atoms with van der Waals surface area (Å²) in [5.74, 6) is 0.0991. The third-order valence-corrected chi connectivity index (χ3v) is 7.01. The van der Waals surface area contributed by atoms with Crippen LogP contribution in [0.5, 0.6) is 0 Å². The van der Waals surface area contributed by atoms with Gasteiger partial charge in [-0.1, -0.05) is 0 Å². The number of amides is 1. The van der Waals surface area contributed by atoms with Gasteiger partial charge in [0.2, 0.25) is 0 Å². The maximum atomic E-state index is 13.8. The van der Waals surface area contributed by atoms with E-state index in [1.165, 1.54) is 18.2 Å². The monoisotopic (exact) mass is 521 g/mol. The average molecular weight is 522 g/mol. The predicted molar refractivity (Wildman–Crippen MR) is 137 cm³/mol. The van der Waals surface area contributed by atoms with Crippen molar-refractivity contribution in [3.63, 3.8) is 0 Å². The van der Waals surface area contributed by atoms with Gasteiger partial charge in [0.15, 0.2) is 5.76 Å². The summed E-state index contributed by atoms with van der Waals surface area (Å²) in [4.78, 5) is 36.5. The van der Waals surface area contributed by atoms with Crippen LogP contribution in [-0.4, -0.2) is 27.5 Å². The van der Waals surface area contributed by atoms with Crippen molar-refractivity contribution in [2.45, 2.75) is 52.0 Å². The second-order valence-electron chi connectivity index (χ2n) is 9.43. The first-order valence-electron chi connectivity index (χ1n) is 12.2. The lowest BCUT2D eigenvalue weighted by Gasteiger charge is -2.34. The lowest BCUT2D eigenvalue weighted by molar-refractivity contribution is -0.393. The smallest absolute Gasteiger partial charge is 0.301 e. The first kappa shape index (κ1) is 25.1. The molecule has 12 heteroatoms. The first-order chi connectivity index (χ1) is 18.2. The van der Waals surface area contributed by atoms with Crippen molar-refractivity contribution in [3.8, 4) is 0 Å². The molecule has 0 radical (unpaired) electrons. The van der Waals surface area contributed by atoms with Gasteiger partial charge >= 0.3 is 5.69 Å². The second kappa shape index (κ2) is 9.69. The molecule has 11 nitrogen and oxygen atoms in total. The molecule has 1 unspecified atom stereocenters. The largest absolute Gasteiger partial charge is 0.455 e. The van der Waals surface area contributed by atoms with Gasteiger partial charge in [-0.05, 0) is 69.4 Å². The molecule has 1 aliphatic carbocycles. The van der Waals surface area contributed by atoms with E-state index in [9.17, 15) is 29.4 Å². The van der Waals surface area contributed by atoms with Crippen molar-refractivity contribution in [2.75, 3.05) is 10.3 Å². The summed E-state index contributed by atoms with van der Waals surface area (Å²) in [7, 11) is 0. The zero-order chi connectivity index (χ0) is 27.1. The molecule has 3 aromatic rings. The molecule has 1 aliphatic heterocycles. The molecule has 1 atom stereocenters. The molecule has 196 valence electrons. The van der Waals surface area contributed by atoms with Gasteiger partial charge in [0.05, 0.1) is 21.6 Å². The Morgan fingerprint density at radius 3 is 2.66 bits per heavy atom. The van der Waals surface area contributed by atoms with Crippen LogP contribution in [0.2, 0.25) is 0 Å². The number of aryl methyl sites for hydroxylation is 2. The van der Waals surface area contributed by atoms with Crippen molar-refractivity contribution in [1.29, 1.82) is 0 Å². The molecule has 38 heavy (non-hydrogen) atoms. The van der Waals surface area contributed by atoms with Crippen LogP contribution in [0.1, 0.15) is 59.2 Å². The minimum atomic E-state index is -0.717. The van der Waals surface area contributed by atoms with Gasteiger partial charge in [-0.2, -0.15) is 5.10 Å². The molecule has 0 saturated heterocycles. The van der Waals surface area contributed by atoms with Crippen LogP contribution in [0.15, 0.2) is 45.9 Å². The van der Waals surface area contributed by atoms with E-state index >= 15 is 0 Å². The van der Waals surface area contributed by atoms with Gasteiger partial charge in [0.1, 0.15) is 17.3 Å². The van der Waals surface area contributed by atoms with E-state index in [1.807, 2.05) is 6.92 Å². The van der Waals surface area contributed by atoms with Gasteiger partial charge in [-0.25, -0.2) is 4.39 Å². The number of nitro groups is 2. The first-order valence-corrected chi connectivity index (χ1v) is 12.2. The lowest BCUT2D eigenvalue weighted by Crippen LogP contribution is -2.42. The number of carbonyl (C=O) groups is 1. The molecular formula is C26H24FN5O6. The number of anilines is 2. The van der Waals surface area contributed by atoms with Gasteiger partial charge in [-0.3, -0.25) is 30.4 Å². The fraction of sp³-hybridized carbons (Fsp3) is 0.308. The highest BCUT2D eigenvalue weighted by Gasteiger charge is 2.35. The lowest BCUT2D eigenvalue weighted by atomic mass is 9.92. The number of non-ortho nitro benzene ring substituents is 1. The number of fused-ring (bicyclic) bond motifs is 2. The highest BCUT2D eigenvalue weighted by atomic mass is 19.1. The molecule has 1 amide bonds. The average Bonchev–Trinajstić information content (AvgIpc) is 3.23. The maximum Gasteiger partial charge on any atom is 0.301 e. The Labute approximate surface area is 216 Å². The number of nitro benzene ring substituents is 2. The summed E-state index contributed by atoms with van der Waals surface area (Å²) in [6.07, 6.45) is 3.18. The van der Waals surface area contributed by atoms with Crippen LogP contribution in [-0.2, 0) is 12.8 Å². The number of rotatable bonds is 5. The van der Waals surface area contributed by atoms with Crippen molar-refractivity contribution < 1.29 is 23.4 Å². The molecule has 2 heterocycles. The number of nitrogens with zero attached hydrogens (tertiary/aromatic N) is 4. The van der Waals surface area contributed by atoms with E-state index in [2.05, 4.69) is 10.5 Å². The standard InChI is InChI=1S/C26H24FN5O6/c1-14-6-7-16-12-17(27)8-11-21(16)30(14)26(33)25-15(2)24-20(4-3-5-23(24)38-25)29-28-19-10-9-18(31(34)35)13-22(19)32(36)37/h8-14,28H,3-7H2,1-2H3/b29-20+. The normalized spacial score (nSPS) is 17.6. The van der Waals surface area contributed by atoms with Gasteiger partial charge in [0.25, 0.3) is 11.6 Å². The van der Waals surface area contributed by atoms with Gasteiger partial charge in [-0.15, -0.1) is 0 Å². The van der Waals surface area contributed by atoms with Gasteiger partial charge in [0, 0.05) is 35.3 Å². The van der Waals surface area contributed by atoms with Crippen molar-refractivity contribution >= 4 is 34.4 Å². The van der Waals surface area contributed by atoms with Crippen LogP contribution in [0.3, 0.4) is 0 Å². The molecule has 0 saturated carbocycles. The Hall–Kier alpha value is -4.61. The molecule has 1 N–H and O–H groups in total. The quantitative estimate of drug-likeness (QED) is 0.336. The molecule has 0 bridgehead atoms. The Morgan fingerprint density at radius 2 is 1.92 bits per heavy atom. The van der Waals surface area contributed by atoms with E-state index < -0.39 is 21.2 Å². The predicted octanol–water partition coefficient (Wildman–Crippen LogP) is 5.68. The summed E-state index contributed by atoms with van der Waals surface area (Å²) in [6, 6.07) is 7.56. The van der Waals surface area contributed by atoms with Crippen LogP contribution in [0.4, 0.5) is 27.1 Å². The zero-order valence-corrected chi connectivity index (χ0v) is 20.7. The molecule has 0 spiro atoms. The fourth-order valence-corrected chi connectivity index (χ4v) is 5.13. The SMILES string of the molecule is Cc1c(C(=O)N2c3ccc(F)cc3CCC2C)oc2c1/C(=N/Nc1ccc([N+](=O)[O-])cc1[N+](=O)[O-])CCC2. The maximum absolute atomic E-state index is 13.8. The van der Waals surface area contributed by atoms with Crippen LogP contribution >= 0.6 is 0 Å². The number of furan rings is 1. The van der Waals surface area contributed by atoms with Crippen LogP contribution in [0.25, 0.3) is 0 Å². The van der Waals surface area contributed by atoms with Crippen LogP contribution < -0.4 is 10.3 Å². The highest BCUT2D eigenvalue weighted by Crippen LogP contribution is 2.36. The highest BCUT2D eigenvalue weighted by molar-refractivity contribution is 6.10. The van der Waals surface area contributed by atoms with E-state index in [1.54, 1.807) is 17.9 Å². The Balaban J connectivity index is 1.49. The summed E-state index contributed by atoms with van der Waals surface area (Å²) < 4.78 is 19.9. The third kappa shape index (κ3) is 4.38. The summed E-state index contributed by atoms with van der Waals surface area (Å²) >= 11 is 0. The van der Waals surface area contributed by atoms with Gasteiger partial charge < -0.3 is 9.32 Å². The molecule has 0 fully saturated rings. The number of benzene rings is 2. The molecule has 2 aliphatic rings. The Bertz CT molecular complexity index is 1510. The second-order valence-corrected chi connectivity index (χ2v) is 9.43. The molecular weight excluding hydrogens is 497 g/mol. The molecule has 1 aromatic heterocycles. The topological polar surface area (TPSA) is 144 Å². The third-order valence-electron chi connectivity index (χ3n) is 7.01. The van der Waals surface area contributed by atoms with E-state index in [0.29, 0.717) is 60.4 Å². The zero-order valence-electron chi connectivity index (χ0n) is 20.7. The van der Waals surface area contributed by atoms with E-state index in [-0.39, 0.29) is 29.2 Å². The Kier molecular flexibility index (Phi) is 6.39. The van der Waals surface area contributed by atoms with Crippen LogP contribution in [0, 0.1) is 33.0 Å². The van der Waals surface area contributed by atoms with Crippen molar-refractivity contribution in [3.05, 3.63) is 90.7 Å². The number of carbonyl (C=O) groups excluding carboxylic acids is 1. The fourth-order valence-electron chi connectivity index (χ4n) is 5.13. The number of hydrazone groups is 1. The minimum absolute atomic E-state index is 0.00338. The summed E-state index contributed by atoms with van der Waals surface area (Å²) in [5, 5.41) is 26.9. The Morgan fingerprint density at radius 1 is 1.13 bits per heavy atom. The van der Waals surface area contributed by atoms with Crippen molar-refractivity contribution in [1.82, 2.24) is 0 Å². The number of hydrogen-bond donors (Lipinski definition) is 1. The van der Waals surface area contributed by atoms with E-state index in [4.69, 9.17) is 4.42 Å². The van der Waals surface area contributed by atoms with E-state index in [0.717, 1.165) is 17.7 Å². The summed E-state index contributed by atoms with van der Waals surface area (Å²) in [5.41, 5.74) is 5.05. The number of halogens is 1. The number of nitrogens with one attached hydrogen (secondary N) is 1. The molecule has 5 rings (SSSR count). The molecule has 2 aromatic carbocycles.